The zero-order chi connectivity index (χ0) is 14.9. The lowest BCUT2D eigenvalue weighted by Gasteiger charge is -2.10. The zero-order valence-corrected chi connectivity index (χ0v) is 12.2. The summed E-state index contributed by atoms with van der Waals surface area (Å²) >= 11 is 0. The molecule has 1 atom stereocenters. The standard InChI is InChI=1S/C16H23FN2O2/c17-14-4-1-2-5-15(14)21-11-3-6-16(20)19-10-8-13-7-9-18-12-13/h1-2,4-5,13,18H,3,6-12H2,(H,19,20). The summed E-state index contributed by atoms with van der Waals surface area (Å²) in [6.07, 6.45) is 3.24. The van der Waals surface area contributed by atoms with Gasteiger partial charge < -0.3 is 15.4 Å². The van der Waals surface area contributed by atoms with Gasteiger partial charge in [0.05, 0.1) is 6.61 Å². The van der Waals surface area contributed by atoms with Gasteiger partial charge in [-0.15, -0.1) is 0 Å². The number of amides is 1. The third kappa shape index (κ3) is 5.71. The fourth-order valence-corrected chi connectivity index (χ4v) is 2.44. The zero-order valence-electron chi connectivity index (χ0n) is 12.2. The second-order valence-corrected chi connectivity index (χ2v) is 5.38. The summed E-state index contributed by atoms with van der Waals surface area (Å²) in [5.41, 5.74) is 0. The van der Waals surface area contributed by atoms with Crippen molar-refractivity contribution in [2.24, 2.45) is 5.92 Å². The van der Waals surface area contributed by atoms with Crippen molar-refractivity contribution >= 4 is 5.91 Å². The average molecular weight is 294 g/mol. The second-order valence-electron chi connectivity index (χ2n) is 5.38. The maximum absolute atomic E-state index is 13.3. The predicted octanol–water partition coefficient (Wildman–Crippen LogP) is 2.10. The van der Waals surface area contributed by atoms with Gasteiger partial charge in [-0.25, -0.2) is 4.39 Å². The smallest absolute Gasteiger partial charge is 0.220 e. The molecule has 1 aliphatic heterocycles. The van der Waals surface area contributed by atoms with E-state index in [9.17, 15) is 9.18 Å². The van der Waals surface area contributed by atoms with Gasteiger partial charge in [-0.2, -0.15) is 0 Å². The summed E-state index contributed by atoms with van der Waals surface area (Å²) in [5, 5.41) is 6.24. The molecule has 0 spiro atoms. The fourth-order valence-electron chi connectivity index (χ4n) is 2.44. The largest absolute Gasteiger partial charge is 0.491 e. The Kier molecular flexibility index (Phi) is 6.47. The van der Waals surface area contributed by atoms with Crippen LogP contribution >= 0.6 is 0 Å². The Bertz CT molecular complexity index is 448. The van der Waals surface area contributed by atoms with Crippen LogP contribution in [0.4, 0.5) is 4.39 Å². The lowest BCUT2D eigenvalue weighted by molar-refractivity contribution is -0.121. The number of rotatable bonds is 8. The van der Waals surface area contributed by atoms with Crippen molar-refractivity contribution in [1.82, 2.24) is 10.6 Å². The summed E-state index contributed by atoms with van der Waals surface area (Å²) in [6.45, 7) is 3.23. The number of para-hydroxylation sites is 1. The molecule has 1 fully saturated rings. The molecule has 116 valence electrons. The molecule has 1 aliphatic rings. The van der Waals surface area contributed by atoms with Crippen LogP contribution in [0.15, 0.2) is 24.3 Å². The first-order valence-corrected chi connectivity index (χ1v) is 7.60. The summed E-state index contributed by atoms with van der Waals surface area (Å²) in [5.74, 6) is 0.603. The highest BCUT2D eigenvalue weighted by Crippen LogP contribution is 2.15. The quantitative estimate of drug-likeness (QED) is 0.722. The van der Waals surface area contributed by atoms with Crippen molar-refractivity contribution in [3.05, 3.63) is 30.1 Å². The number of halogens is 1. The molecule has 1 saturated heterocycles. The van der Waals surface area contributed by atoms with Crippen molar-refractivity contribution in [2.75, 3.05) is 26.2 Å². The summed E-state index contributed by atoms with van der Waals surface area (Å²) < 4.78 is 18.6. The highest BCUT2D eigenvalue weighted by molar-refractivity contribution is 5.75. The van der Waals surface area contributed by atoms with Gasteiger partial charge in [-0.3, -0.25) is 4.79 Å². The van der Waals surface area contributed by atoms with Gasteiger partial charge in [0.1, 0.15) is 0 Å². The Hall–Kier alpha value is -1.62. The highest BCUT2D eigenvalue weighted by Gasteiger charge is 2.13. The lowest BCUT2D eigenvalue weighted by atomic mass is 10.1. The van der Waals surface area contributed by atoms with E-state index in [4.69, 9.17) is 4.74 Å². The Morgan fingerprint density at radius 1 is 1.43 bits per heavy atom. The van der Waals surface area contributed by atoms with Crippen LogP contribution in [0.25, 0.3) is 0 Å². The first-order chi connectivity index (χ1) is 10.3. The van der Waals surface area contributed by atoms with Crippen LogP contribution in [0.2, 0.25) is 0 Å². The molecule has 5 heteroatoms. The first kappa shape index (κ1) is 15.8. The van der Waals surface area contributed by atoms with Crippen molar-refractivity contribution < 1.29 is 13.9 Å². The van der Waals surface area contributed by atoms with Gasteiger partial charge in [-0.05, 0) is 50.4 Å². The van der Waals surface area contributed by atoms with E-state index < -0.39 is 0 Å². The van der Waals surface area contributed by atoms with Crippen LogP contribution in [0.5, 0.6) is 5.75 Å². The number of carbonyl (C=O) groups is 1. The summed E-state index contributed by atoms with van der Waals surface area (Å²) in [4.78, 5) is 11.6. The van der Waals surface area contributed by atoms with Crippen molar-refractivity contribution in [2.45, 2.75) is 25.7 Å². The molecule has 0 aromatic heterocycles. The minimum Gasteiger partial charge on any atom is -0.491 e. The lowest BCUT2D eigenvalue weighted by Crippen LogP contribution is -2.26. The topological polar surface area (TPSA) is 50.4 Å². The monoisotopic (exact) mass is 294 g/mol. The molecule has 2 rings (SSSR count). The van der Waals surface area contributed by atoms with E-state index in [2.05, 4.69) is 10.6 Å². The van der Waals surface area contributed by atoms with E-state index >= 15 is 0 Å². The third-order valence-corrected chi connectivity index (χ3v) is 3.68. The predicted molar refractivity (Wildman–Crippen MR) is 79.7 cm³/mol. The number of ether oxygens (including phenoxy) is 1. The molecular weight excluding hydrogens is 271 g/mol. The maximum Gasteiger partial charge on any atom is 0.220 e. The molecule has 21 heavy (non-hydrogen) atoms. The fraction of sp³-hybridized carbons (Fsp3) is 0.562. The molecule has 0 radical (unpaired) electrons. The van der Waals surface area contributed by atoms with Crippen molar-refractivity contribution in [3.8, 4) is 5.75 Å². The van der Waals surface area contributed by atoms with E-state index in [1.165, 1.54) is 12.5 Å². The molecule has 1 aromatic carbocycles. The van der Waals surface area contributed by atoms with Crippen LogP contribution in [0.1, 0.15) is 25.7 Å². The van der Waals surface area contributed by atoms with Gasteiger partial charge in [0.25, 0.3) is 0 Å². The van der Waals surface area contributed by atoms with E-state index in [1.807, 2.05) is 0 Å². The molecule has 0 bridgehead atoms. The summed E-state index contributed by atoms with van der Waals surface area (Å²) in [7, 11) is 0. The number of benzene rings is 1. The second kappa shape index (κ2) is 8.62. The molecule has 1 amide bonds. The van der Waals surface area contributed by atoms with Crippen LogP contribution in [-0.4, -0.2) is 32.1 Å². The van der Waals surface area contributed by atoms with Crippen molar-refractivity contribution in [3.63, 3.8) is 0 Å². The Balaban J connectivity index is 1.52. The number of carbonyl (C=O) groups excluding carboxylic acids is 1. The first-order valence-electron chi connectivity index (χ1n) is 7.60. The maximum atomic E-state index is 13.3. The van der Waals surface area contributed by atoms with Gasteiger partial charge in [0.15, 0.2) is 11.6 Å². The number of nitrogens with one attached hydrogen (secondary N) is 2. The number of hydrogen-bond acceptors (Lipinski definition) is 3. The highest BCUT2D eigenvalue weighted by atomic mass is 19.1. The molecule has 1 aromatic rings. The van der Waals surface area contributed by atoms with Crippen molar-refractivity contribution in [1.29, 1.82) is 0 Å². The molecule has 0 aliphatic carbocycles. The van der Waals surface area contributed by atoms with E-state index in [0.717, 1.165) is 26.1 Å². The Morgan fingerprint density at radius 2 is 2.29 bits per heavy atom. The van der Waals surface area contributed by atoms with Crippen LogP contribution < -0.4 is 15.4 Å². The Labute approximate surface area is 125 Å². The SMILES string of the molecule is O=C(CCCOc1ccccc1F)NCCC1CCNC1. The van der Waals surface area contributed by atoms with Gasteiger partial charge in [0, 0.05) is 13.0 Å². The van der Waals surface area contributed by atoms with Gasteiger partial charge in [0.2, 0.25) is 5.91 Å². The molecular formula is C16H23FN2O2. The van der Waals surface area contributed by atoms with Crippen LogP contribution in [-0.2, 0) is 4.79 Å². The van der Waals surface area contributed by atoms with E-state index in [0.29, 0.717) is 25.4 Å². The minimum absolute atomic E-state index is 0.0399. The normalized spacial score (nSPS) is 17.7. The molecule has 0 saturated carbocycles. The molecule has 1 unspecified atom stereocenters. The molecule has 2 N–H and O–H groups in total. The van der Waals surface area contributed by atoms with E-state index in [-0.39, 0.29) is 17.5 Å². The van der Waals surface area contributed by atoms with Gasteiger partial charge >= 0.3 is 0 Å². The minimum atomic E-state index is -0.368. The Morgan fingerprint density at radius 3 is 3.05 bits per heavy atom. The molecule has 1 heterocycles. The number of hydrogen-bond donors (Lipinski definition) is 2. The van der Waals surface area contributed by atoms with Gasteiger partial charge in [-0.1, -0.05) is 12.1 Å². The average Bonchev–Trinajstić information content (AvgIpc) is 2.98. The molecule has 4 nitrogen and oxygen atoms in total. The van der Waals surface area contributed by atoms with E-state index in [1.54, 1.807) is 18.2 Å². The van der Waals surface area contributed by atoms with Crippen LogP contribution in [0, 0.1) is 11.7 Å². The third-order valence-electron chi connectivity index (χ3n) is 3.68. The van der Waals surface area contributed by atoms with Crippen LogP contribution in [0.3, 0.4) is 0 Å². The summed E-state index contributed by atoms with van der Waals surface area (Å²) in [6, 6.07) is 6.30.